The molecule has 0 aromatic carbocycles. The Morgan fingerprint density at radius 1 is 1.33 bits per heavy atom. The summed E-state index contributed by atoms with van der Waals surface area (Å²) in [6.07, 6.45) is 10.5. The lowest BCUT2D eigenvalue weighted by molar-refractivity contribution is 0.379. The number of hydrogen-bond acceptors (Lipinski definition) is 3. The van der Waals surface area contributed by atoms with Gasteiger partial charge < -0.3 is 10.8 Å². The van der Waals surface area contributed by atoms with Crippen LogP contribution in [0.15, 0.2) is 58.9 Å². The molecule has 2 aliphatic carbocycles. The van der Waals surface area contributed by atoms with Crippen LogP contribution >= 0.6 is 0 Å². The molecule has 74 valence electrons. The summed E-state index contributed by atoms with van der Waals surface area (Å²) in [5, 5.41) is 18.3. The standard InChI is InChI=1S/C12H10N2O/c13-7-8-2-1-3-9-4-5-11(15)12(14)10(9)6-8/h1-6,12,15H,14H2. The monoisotopic (exact) mass is 198 g/mol. The number of hydrogen-bond donors (Lipinski definition) is 2. The van der Waals surface area contributed by atoms with E-state index in [0.717, 1.165) is 11.1 Å². The summed E-state index contributed by atoms with van der Waals surface area (Å²) in [4.78, 5) is 0. The molecule has 3 N–H and O–H groups in total. The van der Waals surface area contributed by atoms with Crippen LogP contribution in [-0.4, -0.2) is 11.1 Å². The molecule has 1 atom stereocenters. The van der Waals surface area contributed by atoms with Crippen molar-refractivity contribution in [1.82, 2.24) is 0 Å². The summed E-state index contributed by atoms with van der Waals surface area (Å²) in [5.41, 5.74) is 8.06. The topological polar surface area (TPSA) is 70.0 Å². The van der Waals surface area contributed by atoms with Gasteiger partial charge in [-0.25, -0.2) is 0 Å². The predicted octanol–water partition coefficient (Wildman–Crippen LogP) is 1.64. The zero-order valence-electron chi connectivity index (χ0n) is 8.01. The molecule has 0 amide bonds. The molecule has 0 aliphatic heterocycles. The summed E-state index contributed by atoms with van der Waals surface area (Å²) in [7, 11) is 0. The minimum absolute atomic E-state index is 0.123. The summed E-state index contributed by atoms with van der Waals surface area (Å²) >= 11 is 0. The van der Waals surface area contributed by atoms with Gasteiger partial charge in [0.15, 0.2) is 0 Å². The molecule has 0 saturated heterocycles. The first-order valence-corrected chi connectivity index (χ1v) is 4.59. The van der Waals surface area contributed by atoms with Gasteiger partial charge in [-0.2, -0.15) is 5.26 Å². The SMILES string of the molecule is N#CC1=CC=CC2=CC=C(O)C(N)C2=C1. The van der Waals surface area contributed by atoms with E-state index in [-0.39, 0.29) is 5.76 Å². The number of allylic oxidation sites excluding steroid dienone is 7. The maximum atomic E-state index is 9.49. The van der Waals surface area contributed by atoms with Gasteiger partial charge in [0, 0.05) is 0 Å². The van der Waals surface area contributed by atoms with Crippen molar-refractivity contribution in [2.24, 2.45) is 5.73 Å². The first-order valence-electron chi connectivity index (χ1n) is 4.59. The Balaban J connectivity index is 2.52. The van der Waals surface area contributed by atoms with Crippen LogP contribution in [-0.2, 0) is 0 Å². The molecule has 0 radical (unpaired) electrons. The van der Waals surface area contributed by atoms with E-state index < -0.39 is 6.04 Å². The number of nitrogens with zero attached hydrogens (tertiary/aromatic N) is 1. The van der Waals surface area contributed by atoms with E-state index in [2.05, 4.69) is 6.07 Å². The van der Waals surface area contributed by atoms with Crippen LogP contribution in [0.5, 0.6) is 0 Å². The summed E-state index contributed by atoms with van der Waals surface area (Å²) < 4.78 is 0. The van der Waals surface area contributed by atoms with Crippen molar-refractivity contribution in [3.05, 3.63) is 58.9 Å². The number of aliphatic hydroxyl groups excluding tert-OH is 1. The quantitative estimate of drug-likeness (QED) is 0.621. The van der Waals surface area contributed by atoms with Gasteiger partial charge in [-0.05, 0) is 29.4 Å². The molecule has 1 unspecified atom stereocenters. The maximum absolute atomic E-state index is 9.49. The molecular weight excluding hydrogens is 188 g/mol. The highest BCUT2D eigenvalue weighted by molar-refractivity contribution is 5.58. The molecule has 0 aromatic rings. The van der Waals surface area contributed by atoms with E-state index in [0.29, 0.717) is 5.57 Å². The Morgan fingerprint density at radius 3 is 2.87 bits per heavy atom. The average Bonchev–Trinajstić information content (AvgIpc) is 2.45. The van der Waals surface area contributed by atoms with Gasteiger partial charge in [-0.1, -0.05) is 18.2 Å². The second kappa shape index (κ2) is 3.60. The number of fused-ring (bicyclic) bond motifs is 1. The van der Waals surface area contributed by atoms with Gasteiger partial charge in [0.2, 0.25) is 0 Å². The highest BCUT2D eigenvalue weighted by atomic mass is 16.3. The fraction of sp³-hybridized carbons (Fsp3) is 0.0833. The Morgan fingerprint density at radius 2 is 2.13 bits per heavy atom. The van der Waals surface area contributed by atoms with Crippen LogP contribution in [0, 0.1) is 11.3 Å². The second-order valence-electron chi connectivity index (χ2n) is 3.38. The molecule has 2 rings (SSSR count). The van der Waals surface area contributed by atoms with Gasteiger partial charge >= 0.3 is 0 Å². The number of nitrogens with two attached hydrogens (primary N) is 1. The molecule has 2 aliphatic rings. The first kappa shape index (κ1) is 9.50. The van der Waals surface area contributed by atoms with Gasteiger partial charge in [-0.3, -0.25) is 0 Å². The van der Waals surface area contributed by atoms with Gasteiger partial charge in [0.1, 0.15) is 5.76 Å². The van der Waals surface area contributed by atoms with E-state index in [9.17, 15) is 5.11 Å². The predicted molar refractivity (Wildman–Crippen MR) is 57.7 cm³/mol. The third kappa shape index (κ3) is 1.63. The van der Waals surface area contributed by atoms with E-state index in [1.165, 1.54) is 0 Å². The summed E-state index contributed by atoms with van der Waals surface area (Å²) in [5.74, 6) is 0.123. The second-order valence-corrected chi connectivity index (χ2v) is 3.38. The highest BCUT2D eigenvalue weighted by Gasteiger charge is 2.20. The van der Waals surface area contributed by atoms with Crippen LogP contribution in [0.4, 0.5) is 0 Å². The molecule has 0 bridgehead atoms. The van der Waals surface area contributed by atoms with Gasteiger partial charge in [0.25, 0.3) is 0 Å². The molecule has 15 heavy (non-hydrogen) atoms. The van der Waals surface area contributed by atoms with Crippen LogP contribution in [0.1, 0.15) is 0 Å². The van der Waals surface area contributed by atoms with Crippen molar-refractivity contribution in [1.29, 1.82) is 5.26 Å². The third-order valence-electron chi connectivity index (χ3n) is 2.41. The molecule has 3 nitrogen and oxygen atoms in total. The lowest BCUT2D eigenvalue weighted by atomic mass is 9.92. The van der Waals surface area contributed by atoms with Crippen molar-refractivity contribution in [2.45, 2.75) is 6.04 Å². The molecule has 0 aromatic heterocycles. The van der Waals surface area contributed by atoms with Gasteiger partial charge in [0.05, 0.1) is 17.7 Å². The minimum atomic E-state index is -0.538. The summed E-state index contributed by atoms with van der Waals surface area (Å²) in [6.45, 7) is 0. The van der Waals surface area contributed by atoms with Crippen molar-refractivity contribution < 1.29 is 5.11 Å². The normalized spacial score (nSPS) is 23.9. The lowest BCUT2D eigenvalue weighted by Gasteiger charge is -2.19. The Labute approximate surface area is 87.8 Å². The fourth-order valence-electron chi connectivity index (χ4n) is 1.58. The van der Waals surface area contributed by atoms with Crippen molar-refractivity contribution >= 4 is 0 Å². The van der Waals surface area contributed by atoms with E-state index in [4.69, 9.17) is 11.0 Å². The number of rotatable bonds is 0. The van der Waals surface area contributed by atoms with Crippen LogP contribution < -0.4 is 5.73 Å². The molecule has 0 heterocycles. The Hall–Kier alpha value is -2.05. The number of nitriles is 1. The fourth-order valence-corrected chi connectivity index (χ4v) is 1.58. The van der Waals surface area contributed by atoms with E-state index >= 15 is 0 Å². The van der Waals surface area contributed by atoms with E-state index in [1.54, 1.807) is 30.4 Å². The van der Waals surface area contributed by atoms with Crippen LogP contribution in [0.25, 0.3) is 0 Å². The first-order chi connectivity index (χ1) is 7.22. The zero-order chi connectivity index (χ0) is 10.8. The zero-order valence-corrected chi connectivity index (χ0v) is 8.01. The molecule has 0 saturated carbocycles. The smallest absolute Gasteiger partial charge is 0.114 e. The largest absolute Gasteiger partial charge is 0.510 e. The van der Waals surface area contributed by atoms with Crippen molar-refractivity contribution in [2.75, 3.05) is 0 Å². The van der Waals surface area contributed by atoms with Crippen LogP contribution in [0.2, 0.25) is 0 Å². The third-order valence-corrected chi connectivity index (χ3v) is 2.41. The van der Waals surface area contributed by atoms with Gasteiger partial charge in [-0.15, -0.1) is 0 Å². The maximum Gasteiger partial charge on any atom is 0.114 e. The average molecular weight is 198 g/mol. The number of aliphatic hydroxyl groups is 1. The highest BCUT2D eigenvalue weighted by Crippen LogP contribution is 2.26. The Kier molecular flexibility index (Phi) is 2.28. The molecular formula is C12H10N2O. The minimum Gasteiger partial charge on any atom is -0.510 e. The lowest BCUT2D eigenvalue weighted by Crippen LogP contribution is -2.27. The summed E-state index contributed by atoms with van der Waals surface area (Å²) in [6, 6.07) is 1.52. The van der Waals surface area contributed by atoms with Crippen molar-refractivity contribution in [3.63, 3.8) is 0 Å². The van der Waals surface area contributed by atoms with E-state index in [1.807, 2.05) is 6.08 Å². The Bertz CT molecular complexity index is 484. The molecule has 0 spiro atoms. The molecule has 0 fully saturated rings. The molecule has 3 heteroatoms. The van der Waals surface area contributed by atoms with Crippen LogP contribution in [0.3, 0.4) is 0 Å². The van der Waals surface area contributed by atoms with Crippen molar-refractivity contribution in [3.8, 4) is 6.07 Å².